The fourth-order valence-electron chi connectivity index (χ4n) is 3.17. The first-order valence-electron chi connectivity index (χ1n) is 8.86. The van der Waals surface area contributed by atoms with Crippen molar-refractivity contribution < 1.29 is 14.3 Å². The van der Waals surface area contributed by atoms with Gasteiger partial charge in [-0.15, -0.1) is 0 Å². The van der Waals surface area contributed by atoms with Crippen LogP contribution in [0.5, 0.6) is 5.75 Å². The molecule has 0 saturated carbocycles. The highest BCUT2D eigenvalue weighted by Gasteiger charge is 2.33. The molecule has 0 radical (unpaired) electrons. The van der Waals surface area contributed by atoms with Crippen molar-refractivity contribution in [1.82, 2.24) is 15.5 Å². The number of hydrogen-bond acceptors (Lipinski definition) is 4. The van der Waals surface area contributed by atoms with Crippen LogP contribution in [0.1, 0.15) is 33.3 Å². The zero-order chi connectivity index (χ0) is 18.4. The van der Waals surface area contributed by atoms with Crippen LogP contribution in [-0.2, 0) is 11.3 Å². The Labute approximate surface area is 150 Å². The van der Waals surface area contributed by atoms with Gasteiger partial charge in [-0.2, -0.15) is 0 Å². The first-order valence-corrected chi connectivity index (χ1v) is 8.86. The lowest BCUT2D eigenvalue weighted by atomic mass is 10.00. The zero-order valence-electron chi connectivity index (χ0n) is 16.0. The molecule has 0 aliphatic carbocycles. The van der Waals surface area contributed by atoms with E-state index in [9.17, 15) is 4.79 Å². The van der Waals surface area contributed by atoms with E-state index in [1.807, 2.05) is 24.3 Å². The summed E-state index contributed by atoms with van der Waals surface area (Å²) in [7, 11) is 1.63. The molecule has 1 fully saturated rings. The minimum Gasteiger partial charge on any atom is -0.496 e. The highest BCUT2D eigenvalue weighted by molar-refractivity contribution is 5.74. The monoisotopic (exact) mass is 349 g/mol. The van der Waals surface area contributed by atoms with Gasteiger partial charge < -0.3 is 20.1 Å². The second-order valence-corrected chi connectivity index (χ2v) is 7.32. The third kappa shape index (κ3) is 5.61. The average molecular weight is 349 g/mol. The number of morpholine rings is 1. The zero-order valence-corrected chi connectivity index (χ0v) is 16.0. The van der Waals surface area contributed by atoms with Gasteiger partial charge in [0.25, 0.3) is 0 Å². The smallest absolute Gasteiger partial charge is 0.315 e. The Morgan fingerprint density at radius 2 is 1.88 bits per heavy atom. The molecule has 1 aromatic rings. The van der Waals surface area contributed by atoms with E-state index in [2.05, 4.69) is 43.2 Å². The highest BCUT2D eigenvalue weighted by atomic mass is 16.5. The maximum absolute atomic E-state index is 12.2. The van der Waals surface area contributed by atoms with E-state index in [1.54, 1.807) is 7.11 Å². The van der Waals surface area contributed by atoms with Crippen LogP contribution in [0.2, 0.25) is 0 Å². The van der Waals surface area contributed by atoms with Gasteiger partial charge in [-0.3, -0.25) is 4.90 Å². The number of nitrogens with zero attached hydrogens (tertiary/aromatic N) is 1. The van der Waals surface area contributed by atoms with Gasteiger partial charge in [-0.1, -0.05) is 18.2 Å². The Kier molecular flexibility index (Phi) is 6.67. The van der Waals surface area contributed by atoms with E-state index in [0.717, 1.165) is 24.4 Å². The van der Waals surface area contributed by atoms with E-state index in [0.29, 0.717) is 13.1 Å². The van der Waals surface area contributed by atoms with Gasteiger partial charge in [0.1, 0.15) is 5.75 Å². The van der Waals surface area contributed by atoms with Gasteiger partial charge in [0.05, 0.1) is 19.3 Å². The first kappa shape index (κ1) is 19.5. The molecule has 1 saturated heterocycles. The predicted octanol–water partition coefficient (Wildman–Crippen LogP) is 2.38. The van der Waals surface area contributed by atoms with E-state index in [4.69, 9.17) is 9.47 Å². The molecule has 2 amide bonds. The molecule has 2 N–H and O–H groups in total. The average Bonchev–Trinajstić information content (AvgIpc) is 2.57. The largest absolute Gasteiger partial charge is 0.496 e. The fraction of sp³-hybridized carbons (Fsp3) is 0.632. The molecule has 0 aromatic heterocycles. The predicted molar refractivity (Wildman–Crippen MR) is 98.9 cm³/mol. The lowest BCUT2D eigenvalue weighted by Gasteiger charge is -2.45. The third-order valence-corrected chi connectivity index (χ3v) is 4.59. The van der Waals surface area contributed by atoms with Crippen LogP contribution in [0.15, 0.2) is 24.3 Å². The van der Waals surface area contributed by atoms with Crippen LogP contribution < -0.4 is 15.4 Å². The molecule has 0 bridgehead atoms. The second-order valence-electron chi connectivity index (χ2n) is 7.32. The van der Waals surface area contributed by atoms with Crippen molar-refractivity contribution in [1.29, 1.82) is 0 Å². The molecule has 1 aromatic carbocycles. The van der Waals surface area contributed by atoms with Crippen LogP contribution in [0.3, 0.4) is 0 Å². The van der Waals surface area contributed by atoms with Crippen molar-refractivity contribution in [3.8, 4) is 5.75 Å². The minimum atomic E-state index is -0.173. The van der Waals surface area contributed by atoms with Crippen molar-refractivity contribution in [3.63, 3.8) is 0 Å². The normalized spacial score (nSPS) is 21.6. The van der Waals surface area contributed by atoms with Gasteiger partial charge in [-0.25, -0.2) is 4.79 Å². The molecule has 6 nitrogen and oxygen atoms in total. The summed E-state index contributed by atoms with van der Waals surface area (Å²) in [6.45, 7) is 11.2. The fourth-order valence-corrected chi connectivity index (χ4v) is 3.17. The quantitative estimate of drug-likeness (QED) is 0.828. The van der Waals surface area contributed by atoms with E-state index >= 15 is 0 Å². The van der Waals surface area contributed by atoms with Crippen molar-refractivity contribution >= 4 is 6.03 Å². The van der Waals surface area contributed by atoms with Gasteiger partial charge in [-0.05, 0) is 33.8 Å². The summed E-state index contributed by atoms with van der Waals surface area (Å²) in [5.74, 6) is 0.777. The Bertz CT molecular complexity index is 567. The maximum atomic E-state index is 12.2. The summed E-state index contributed by atoms with van der Waals surface area (Å²) in [5.41, 5.74) is 0.823. The number of para-hydroxylation sites is 1. The number of nitrogens with one attached hydrogen (secondary N) is 2. The second kappa shape index (κ2) is 8.54. The Hall–Kier alpha value is -1.79. The SMILES string of the molecule is COc1ccccc1CNC(=O)NCC(C)(C)N1C[C@@H](C)O[C@@H](C)C1. The molecule has 2 atom stereocenters. The van der Waals surface area contributed by atoms with Crippen LogP contribution in [0, 0.1) is 0 Å². The number of rotatable bonds is 6. The summed E-state index contributed by atoms with van der Waals surface area (Å²) in [5, 5.41) is 5.88. The number of methoxy groups -OCH3 is 1. The van der Waals surface area contributed by atoms with E-state index in [1.165, 1.54) is 0 Å². The van der Waals surface area contributed by atoms with Gasteiger partial charge >= 0.3 is 6.03 Å². The standard InChI is InChI=1S/C19H31N3O3/c1-14-11-22(12-15(2)25-14)19(3,4)13-21-18(23)20-10-16-8-6-7-9-17(16)24-5/h6-9,14-15H,10-13H2,1-5H3,(H2,20,21,23)/t14-,15+. The number of urea groups is 1. The number of carbonyl (C=O) groups excluding carboxylic acids is 1. The third-order valence-electron chi connectivity index (χ3n) is 4.59. The molecule has 6 heteroatoms. The van der Waals surface area contributed by atoms with Crippen molar-refractivity contribution in [2.45, 2.75) is 52.0 Å². The molecule has 1 heterocycles. The molecule has 1 aliphatic heterocycles. The number of ether oxygens (including phenoxy) is 2. The minimum absolute atomic E-state index is 0.131. The molecule has 1 aliphatic rings. The van der Waals surface area contributed by atoms with E-state index in [-0.39, 0.29) is 23.8 Å². The van der Waals surface area contributed by atoms with Crippen LogP contribution in [-0.4, -0.2) is 55.4 Å². The van der Waals surface area contributed by atoms with Crippen molar-refractivity contribution in [2.75, 3.05) is 26.7 Å². The summed E-state index contributed by atoms with van der Waals surface area (Å²) in [6.07, 6.45) is 0.421. The Morgan fingerprint density at radius 3 is 2.52 bits per heavy atom. The molecule has 0 spiro atoms. The summed E-state index contributed by atoms with van der Waals surface area (Å²) < 4.78 is 11.1. The van der Waals surface area contributed by atoms with Gasteiger partial charge in [0.2, 0.25) is 0 Å². The Balaban J connectivity index is 1.82. The number of hydrogen-bond donors (Lipinski definition) is 2. The van der Waals surface area contributed by atoms with Crippen LogP contribution in [0.25, 0.3) is 0 Å². The molecule has 140 valence electrons. The van der Waals surface area contributed by atoms with Crippen LogP contribution >= 0.6 is 0 Å². The lowest BCUT2D eigenvalue weighted by molar-refractivity contribution is -0.0947. The van der Waals surface area contributed by atoms with Crippen molar-refractivity contribution in [3.05, 3.63) is 29.8 Å². The number of carbonyl (C=O) groups is 1. The van der Waals surface area contributed by atoms with E-state index < -0.39 is 0 Å². The maximum Gasteiger partial charge on any atom is 0.315 e. The number of amides is 2. The first-order chi connectivity index (χ1) is 11.8. The number of benzene rings is 1. The molecule has 0 unspecified atom stereocenters. The van der Waals surface area contributed by atoms with Gasteiger partial charge in [0.15, 0.2) is 0 Å². The summed E-state index contributed by atoms with van der Waals surface area (Å²) in [4.78, 5) is 14.5. The molecular weight excluding hydrogens is 318 g/mol. The van der Waals surface area contributed by atoms with Crippen LogP contribution in [0.4, 0.5) is 4.79 Å². The lowest BCUT2D eigenvalue weighted by Crippen LogP contribution is -2.59. The summed E-state index contributed by atoms with van der Waals surface area (Å²) >= 11 is 0. The van der Waals surface area contributed by atoms with Crippen molar-refractivity contribution in [2.24, 2.45) is 0 Å². The molecular formula is C19H31N3O3. The summed E-state index contributed by atoms with van der Waals surface area (Å²) in [6, 6.07) is 7.50. The highest BCUT2D eigenvalue weighted by Crippen LogP contribution is 2.20. The topological polar surface area (TPSA) is 62.8 Å². The Morgan fingerprint density at radius 1 is 1.24 bits per heavy atom. The molecule has 2 rings (SSSR count). The molecule has 25 heavy (non-hydrogen) atoms. The van der Waals surface area contributed by atoms with Gasteiger partial charge in [0, 0.05) is 37.3 Å².